The Labute approximate surface area is 160 Å². The van der Waals surface area contributed by atoms with Crippen LogP contribution < -0.4 is 4.74 Å². The summed E-state index contributed by atoms with van der Waals surface area (Å²) in [6.45, 7) is 6.38. The van der Waals surface area contributed by atoms with Crippen molar-refractivity contribution in [3.8, 4) is 17.1 Å². The zero-order valence-corrected chi connectivity index (χ0v) is 16.5. The maximum atomic E-state index is 9.52. The summed E-state index contributed by atoms with van der Waals surface area (Å²) in [4.78, 5) is 9.12. The normalized spacial score (nSPS) is 17.4. The van der Waals surface area contributed by atoms with E-state index in [1.165, 1.54) is 0 Å². The van der Waals surface area contributed by atoms with Gasteiger partial charge < -0.3 is 19.3 Å². The van der Waals surface area contributed by atoms with Crippen molar-refractivity contribution < 1.29 is 14.4 Å². The highest BCUT2D eigenvalue weighted by atomic mass is 16.5. The van der Waals surface area contributed by atoms with Crippen LogP contribution >= 0.6 is 0 Å². The van der Waals surface area contributed by atoms with Crippen LogP contribution in [0.3, 0.4) is 0 Å². The van der Waals surface area contributed by atoms with E-state index in [4.69, 9.17) is 9.26 Å². The Morgan fingerprint density at radius 3 is 2.78 bits per heavy atom. The number of likely N-dealkylation sites (tertiary alicyclic amines) is 1. The van der Waals surface area contributed by atoms with Crippen LogP contribution in [0.4, 0.5) is 0 Å². The van der Waals surface area contributed by atoms with Crippen molar-refractivity contribution in [3.05, 3.63) is 30.2 Å². The van der Waals surface area contributed by atoms with Gasteiger partial charge in [-0.15, -0.1) is 0 Å². The van der Waals surface area contributed by atoms with Crippen LogP contribution in [0.2, 0.25) is 0 Å². The minimum absolute atomic E-state index is 0.251. The number of nitrogens with zero attached hydrogens (tertiary/aromatic N) is 4. The minimum atomic E-state index is -0.251. The number of aromatic nitrogens is 2. The molecule has 148 valence electrons. The number of hydrogen-bond donors (Lipinski definition) is 1. The summed E-state index contributed by atoms with van der Waals surface area (Å²) in [6, 6.07) is 7.67. The molecule has 7 heteroatoms. The van der Waals surface area contributed by atoms with Crippen molar-refractivity contribution in [2.75, 3.05) is 40.3 Å². The molecule has 1 aliphatic rings. The van der Waals surface area contributed by atoms with Crippen molar-refractivity contribution in [1.29, 1.82) is 0 Å². The van der Waals surface area contributed by atoms with Gasteiger partial charge in [-0.05, 0) is 58.0 Å². The van der Waals surface area contributed by atoms with Crippen molar-refractivity contribution in [2.24, 2.45) is 5.92 Å². The third-order valence-electron chi connectivity index (χ3n) is 5.02. The molecule has 7 nitrogen and oxygen atoms in total. The van der Waals surface area contributed by atoms with Crippen LogP contribution in [-0.4, -0.2) is 71.5 Å². The van der Waals surface area contributed by atoms with Crippen LogP contribution in [0, 0.1) is 5.92 Å². The molecule has 1 N–H and O–H groups in total. The summed E-state index contributed by atoms with van der Waals surface area (Å²) < 4.78 is 10.8. The molecule has 0 spiro atoms. The Morgan fingerprint density at radius 1 is 1.33 bits per heavy atom. The first-order valence-corrected chi connectivity index (χ1v) is 9.60. The van der Waals surface area contributed by atoms with Gasteiger partial charge in [0.05, 0.1) is 25.3 Å². The van der Waals surface area contributed by atoms with E-state index in [9.17, 15) is 5.11 Å². The van der Waals surface area contributed by atoms with Gasteiger partial charge in [0.2, 0.25) is 11.7 Å². The zero-order chi connectivity index (χ0) is 19.2. The molecule has 0 aliphatic carbocycles. The molecule has 2 heterocycles. The highest BCUT2D eigenvalue weighted by Gasteiger charge is 2.22. The summed E-state index contributed by atoms with van der Waals surface area (Å²) in [5.41, 5.74) is 0.836. The highest BCUT2D eigenvalue weighted by Crippen LogP contribution is 2.27. The Hall–Kier alpha value is -1.96. The standard InChI is InChI=1S/C20H30N4O3/c1-15(25)12-24-10-8-16(9-11-24)13-23(2)14-19-21-20(22-27-19)17-6-4-5-7-18(17)26-3/h4-7,15-16,25H,8-14H2,1-3H3. The number of rotatable bonds is 8. The molecule has 3 rings (SSSR count). The molecular weight excluding hydrogens is 344 g/mol. The second kappa shape index (κ2) is 9.30. The van der Waals surface area contributed by atoms with Crippen LogP contribution in [0.5, 0.6) is 5.75 Å². The maximum Gasteiger partial charge on any atom is 0.241 e. The third-order valence-corrected chi connectivity index (χ3v) is 5.02. The Kier molecular flexibility index (Phi) is 6.82. The molecule has 27 heavy (non-hydrogen) atoms. The number of ether oxygens (including phenoxy) is 1. The average molecular weight is 374 g/mol. The lowest BCUT2D eigenvalue weighted by Crippen LogP contribution is -2.40. The monoisotopic (exact) mass is 374 g/mol. The van der Waals surface area contributed by atoms with Gasteiger partial charge >= 0.3 is 0 Å². The van der Waals surface area contributed by atoms with Gasteiger partial charge in [0.15, 0.2) is 0 Å². The molecule has 1 aliphatic heterocycles. The number of benzene rings is 1. The molecule has 2 aromatic rings. The lowest BCUT2D eigenvalue weighted by atomic mass is 9.96. The number of aliphatic hydroxyl groups is 1. The second-order valence-corrected chi connectivity index (χ2v) is 7.50. The van der Waals surface area contributed by atoms with E-state index in [1.54, 1.807) is 7.11 Å². The predicted octanol–water partition coefficient (Wildman–Crippen LogP) is 2.27. The van der Waals surface area contributed by atoms with Crippen LogP contribution in [0.25, 0.3) is 11.4 Å². The van der Waals surface area contributed by atoms with Gasteiger partial charge in [-0.25, -0.2) is 0 Å². The number of piperidine rings is 1. The van der Waals surface area contributed by atoms with Gasteiger partial charge in [0, 0.05) is 13.1 Å². The Balaban J connectivity index is 1.51. The molecule has 1 fully saturated rings. The van der Waals surface area contributed by atoms with Crippen LogP contribution in [0.15, 0.2) is 28.8 Å². The predicted molar refractivity (Wildman–Crippen MR) is 103 cm³/mol. The molecule has 0 saturated carbocycles. The number of aliphatic hydroxyl groups excluding tert-OH is 1. The summed E-state index contributed by atoms with van der Waals surface area (Å²) in [5, 5.41) is 13.6. The lowest BCUT2D eigenvalue weighted by molar-refractivity contribution is 0.0908. The summed E-state index contributed by atoms with van der Waals surface area (Å²) in [7, 11) is 3.73. The van der Waals surface area contributed by atoms with Crippen molar-refractivity contribution in [3.63, 3.8) is 0 Å². The van der Waals surface area contributed by atoms with E-state index in [1.807, 2.05) is 31.2 Å². The largest absolute Gasteiger partial charge is 0.496 e. The fraction of sp³-hybridized carbons (Fsp3) is 0.600. The fourth-order valence-electron chi connectivity index (χ4n) is 3.72. The van der Waals surface area contributed by atoms with Crippen LogP contribution in [-0.2, 0) is 6.54 Å². The van der Waals surface area contributed by atoms with Gasteiger partial charge in [0.25, 0.3) is 0 Å². The topological polar surface area (TPSA) is 74.9 Å². The molecule has 1 unspecified atom stereocenters. The van der Waals surface area contributed by atoms with E-state index >= 15 is 0 Å². The lowest BCUT2D eigenvalue weighted by Gasteiger charge is -2.34. The van der Waals surface area contributed by atoms with E-state index in [0.717, 1.165) is 50.3 Å². The van der Waals surface area contributed by atoms with E-state index in [0.29, 0.717) is 24.2 Å². The molecule has 0 amide bonds. The first kappa shape index (κ1) is 19.8. The summed E-state index contributed by atoms with van der Waals surface area (Å²) >= 11 is 0. The van der Waals surface area contributed by atoms with Gasteiger partial charge in [-0.3, -0.25) is 4.90 Å². The molecule has 1 atom stereocenters. The molecule has 1 aromatic carbocycles. The summed E-state index contributed by atoms with van der Waals surface area (Å²) in [6.07, 6.45) is 2.07. The highest BCUT2D eigenvalue weighted by molar-refractivity contribution is 5.63. The van der Waals surface area contributed by atoms with Crippen LogP contribution in [0.1, 0.15) is 25.7 Å². The number of β-amino-alcohol motifs (C(OH)–C–C–N with tert-alkyl or cyclic N) is 1. The molecule has 1 saturated heterocycles. The van der Waals surface area contributed by atoms with E-state index in [-0.39, 0.29) is 6.10 Å². The quantitative estimate of drug-likeness (QED) is 0.760. The molecule has 1 aromatic heterocycles. The smallest absolute Gasteiger partial charge is 0.241 e. The molecule has 0 radical (unpaired) electrons. The van der Waals surface area contributed by atoms with Crippen molar-refractivity contribution >= 4 is 0 Å². The number of hydrogen-bond acceptors (Lipinski definition) is 7. The van der Waals surface area contributed by atoms with Crippen molar-refractivity contribution in [1.82, 2.24) is 19.9 Å². The third kappa shape index (κ3) is 5.51. The first-order chi connectivity index (χ1) is 13.0. The zero-order valence-electron chi connectivity index (χ0n) is 16.5. The van der Waals surface area contributed by atoms with Crippen molar-refractivity contribution in [2.45, 2.75) is 32.4 Å². The summed E-state index contributed by atoms with van der Waals surface area (Å²) in [5.74, 6) is 2.58. The fourth-order valence-corrected chi connectivity index (χ4v) is 3.72. The van der Waals surface area contributed by atoms with E-state index < -0.39 is 0 Å². The minimum Gasteiger partial charge on any atom is -0.496 e. The second-order valence-electron chi connectivity index (χ2n) is 7.50. The maximum absolute atomic E-state index is 9.52. The Bertz CT molecular complexity index is 711. The molecular formula is C20H30N4O3. The Morgan fingerprint density at radius 2 is 2.07 bits per heavy atom. The SMILES string of the molecule is COc1ccccc1-c1noc(CN(C)CC2CCN(CC(C)O)CC2)n1. The first-order valence-electron chi connectivity index (χ1n) is 9.60. The number of methoxy groups -OCH3 is 1. The molecule has 0 bridgehead atoms. The van der Waals surface area contributed by atoms with Gasteiger partial charge in [-0.2, -0.15) is 4.98 Å². The number of para-hydroxylation sites is 1. The van der Waals surface area contributed by atoms with Gasteiger partial charge in [-0.1, -0.05) is 17.3 Å². The average Bonchev–Trinajstić information content (AvgIpc) is 3.11. The van der Waals surface area contributed by atoms with Gasteiger partial charge in [0.1, 0.15) is 5.75 Å². The van der Waals surface area contributed by atoms with E-state index in [2.05, 4.69) is 27.0 Å².